The summed E-state index contributed by atoms with van der Waals surface area (Å²) in [4.78, 5) is 43.2. The predicted molar refractivity (Wildman–Crippen MR) is 110 cm³/mol. The molecule has 7 heteroatoms. The molecule has 0 aromatic heterocycles. The average Bonchev–Trinajstić information content (AvgIpc) is 3.34. The molecule has 0 aromatic carbocycles. The van der Waals surface area contributed by atoms with E-state index in [1.165, 1.54) is 0 Å². The largest absolute Gasteiger partial charge is 0.347 e. The number of likely N-dealkylation sites (N-methyl/N-ethyl adjacent to an activating group) is 1. The zero-order valence-corrected chi connectivity index (χ0v) is 18.1. The molecule has 2 aliphatic heterocycles. The van der Waals surface area contributed by atoms with Crippen LogP contribution >= 0.6 is 0 Å². The Morgan fingerprint density at radius 1 is 1.11 bits per heavy atom. The summed E-state index contributed by atoms with van der Waals surface area (Å²) < 4.78 is 0. The van der Waals surface area contributed by atoms with Crippen LogP contribution in [0.4, 0.5) is 0 Å². The van der Waals surface area contributed by atoms with Gasteiger partial charge in [0.05, 0.1) is 12.6 Å². The molecule has 0 unspecified atom stereocenters. The van der Waals surface area contributed by atoms with Crippen LogP contribution in [0.5, 0.6) is 0 Å². The van der Waals surface area contributed by atoms with Crippen molar-refractivity contribution in [2.45, 2.75) is 71.4 Å². The van der Waals surface area contributed by atoms with E-state index in [-0.39, 0.29) is 42.3 Å². The third kappa shape index (κ3) is 5.93. The number of rotatable bonds is 9. The van der Waals surface area contributed by atoms with Gasteiger partial charge in [0.2, 0.25) is 17.7 Å². The molecule has 1 N–H and O–H groups in total. The van der Waals surface area contributed by atoms with Gasteiger partial charge in [0.15, 0.2) is 0 Å². The fourth-order valence-corrected chi connectivity index (χ4v) is 4.29. The molecule has 2 atom stereocenters. The van der Waals surface area contributed by atoms with Crippen molar-refractivity contribution in [2.75, 3.05) is 39.8 Å². The van der Waals surface area contributed by atoms with Crippen molar-refractivity contribution in [2.24, 2.45) is 5.92 Å². The molecule has 0 aliphatic carbocycles. The molecule has 7 nitrogen and oxygen atoms in total. The number of amides is 3. The fraction of sp³-hybridized carbons (Fsp3) is 0.857. The summed E-state index contributed by atoms with van der Waals surface area (Å²) in [5.41, 5.74) is 0. The molecule has 0 saturated carbocycles. The molecule has 0 aromatic rings. The van der Waals surface area contributed by atoms with E-state index < -0.39 is 0 Å². The molecule has 0 bridgehead atoms. The van der Waals surface area contributed by atoms with Crippen molar-refractivity contribution in [3.05, 3.63) is 0 Å². The van der Waals surface area contributed by atoms with Crippen molar-refractivity contribution < 1.29 is 14.4 Å². The zero-order valence-electron chi connectivity index (χ0n) is 18.1. The smallest absolute Gasteiger partial charge is 0.242 e. The van der Waals surface area contributed by atoms with Gasteiger partial charge in [-0.15, -0.1) is 0 Å². The van der Waals surface area contributed by atoms with Gasteiger partial charge in [-0.25, -0.2) is 0 Å². The minimum absolute atomic E-state index is 0.0163. The number of hydrogen-bond donors (Lipinski definition) is 1. The van der Waals surface area contributed by atoms with Crippen LogP contribution in [0.25, 0.3) is 0 Å². The van der Waals surface area contributed by atoms with Crippen LogP contribution in [-0.4, -0.2) is 84.3 Å². The summed E-state index contributed by atoms with van der Waals surface area (Å²) >= 11 is 0. The minimum Gasteiger partial charge on any atom is -0.347 e. The quantitative estimate of drug-likeness (QED) is 0.643. The highest BCUT2D eigenvalue weighted by molar-refractivity contribution is 5.85. The molecule has 28 heavy (non-hydrogen) atoms. The van der Waals surface area contributed by atoms with Crippen molar-refractivity contribution in [1.29, 1.82) is 0 Å². The first-order chi connectivity index (χ1) is 13.3. The summed E-state index contributed by atoms with van der Waals surface area (Å²) in [7, 11) is 1.81. The van der Waals surface area contributed by atoms with Crippen LogP contribution in [0.15, 0.2) is 0 Å². The van der Waals surface area contributed by atoms with E-state index in [1.807, 2.05) is 18.9 Å². The van der Waals surface area contributed by atoms with Gasteiger partial charge in [0, 0.05) is 39.1 Å². The van der Waals surface area contributed by atoms with E-state index >= 15 is 0 Å². The van der Waals surface area contributed by atoms with Gasteiger partial charge < -0.3 is 15.1 Å². The van der Waals surface area contributed by atoms with Crippen LogP contribution < -0.4 is 5.32 Å². The molecule has 3 amide bonds. The maximum Gasteiger partial charge on any atom is 0.242 e. The summed E-state index contributed by atoms with van der Waals surface area (Å²) in [5.74, 6) is 0.368. The standard InChI is InChI=1S/C21H38N4O3/c1-5-9-19(26)22-14-20(27)23(4)18(16(2)3)15-25-13-8-10-17(25)21(28)24-11-6-7-12-24/h16-18H,5-15H2,1-4H3,(H,22,26)/t17-,18+/m0/s1. The first kappa shape index (κ1) is 22.7. The molecule has 0 radical (unpaired) electrons. The van der Waals surface area contributed by atoms with Crippen LogP contribution in [-0.2, 0) is 14.4 Å². The zero-order chi connectivity index (χ0) is 20.7. The molecule has 2 rings (SSSR count). The molecule has 0 spiro atoms. The van der Waals surface area contributed by atoms with Crippen LogP contribution in [0.2, 0.25) is 0 Å². The lowest BCUT2D eigenvalue weighted by Gasteiger charge is -2.37. The number of carbonyl (C=O) groups excluding carboxylic acids is 3. The van der Waals surface area contributed by atoms with E-state index in [9.17, 15) is 14.4 Å². The van der Waals surface area contributed by atoms with Crippen LogP contribution in [0, 0.1) is 5.92 Å². The topological polar surface area (TPSA) is 73.0 Å². The lowest BCUT2D eigenvalue weighted by Crippen LogP contribution is -2.53. The van der Waals surface area contributed by atoms with E-state index in [1.54, 1.807) is 4.90 Å². The highest BCUT2D eigenvalue weighted by Crippen LogP contribution is 2.24. The Kier molecular flexibility index (Phi) is 8.73. The van der Waals surface area contributed by atoms with Gasteiger partial charge in [0.25, 0.3) is 0 Å². The monoisotopic (exact) mass is 394 g/mol. The lowest BCUT2D eigenvalue weighted by molar-refractivity contribution is -0.136. The molecular weight excluding hydrogens is 356 g/mol. The van der Waals surface area contributed by atoms with E-state index in [0.29, 0.717) is 13.0 Å². The maximum absolute atomic E-state index is 12.9. The number of carbonyl (C=O) groups is 3. The van der Waals surface area contributed by atoms with Gasteiger partial charge >= 0.3 is 0 Å². The summed E-state index contributed by atoms with van der Waals surface area (Å²) in [6.45, 7) is 9.57. The SMILES string of the molecule is CCCC(=O)NCC(=O)N(C)[C@H](CN1CCC[C@H]1C(=O)N1CCCC1)C(C)C. The molecular formula is C21H38N4O3. The molecule has 2 heterocycles. The fourth-order valence-electron chi connectivity index (χ4n) is 4.29. The summed E-state index contributed by atoms with van der Waals surface area (Å²) in [5, 5.41) is 2.71. The van der Waals surface area contributed by atoms with Crippen molar-refractivity contribution in [3.8, 4) is 0 Å². The Labute approximate surface area is 169 Å². The Bertz CT molecular complexity index is 546. The summed E-state index contributed by atoms with van der Waals surface area (Å²) in [6.07, 6.45) is 5.36. The number of likely N-dealkylation sites (tertiary alicyclic amines) is 2. The summed E-state index contributed by atoms with van der Waals surface area (Å²) in [6, 6.07) is -0.0327. The Morgan fingerprint density at radius 3 is 2.39 bits per heavy atom. The predicted octanol–water partition coefficient (Wildman–Crippen LogP) is 1.47. The molecule has 2 saturated heterocycles. The third-order valence-corrected chi connectivity index (χ3v) is 6.06. The molecule has 2 fully saturated rings. The van der Waals surface area contributed by atoms with Gasteiger partial charge in [-0.3, -0.25) is 19.3 Å². The minimum atomic E-state index is -0.0823. The highest BCUT2D eigenvalue weighted by atomic mass is 16.2. The number of nitrogens with one attached hydrogen (secondary N) is 1. The van der Waals surface area contributed by atoms with E-state index in [4.69, 9.17) is 0 Å². The second kappa shape index (κ2) is 10.8. The number of nitrogens with zero attached hydrogens (tertiary/aromatic N) is 3. The highest BCUT2D eigenvalue weighted by Gasteiger charge is 2.37. The van der Waals surface area contributed by atoms with Gasteiger partial charge in [-0.1, -0.05) is 20.8 Å². The van der Waals surface area contributed by atoms with E-state index in [0.717, 1.165) is 51.7 Å². The van der Waals surface area contributed by atoms with Crippen molar-refractivity contribution >= 4 is 17.7 Å². The van der Waals surface area contributed by atoms with Gasteiger partial charge in [-0.05, 0) is 44.6 Å². The Balaban J connectivity index is 1.95. The van der Waals surface area contributed by atoms with Gasteiger partial charge in [-0.2, -0.15) is 0 Å². The average molecular weight is 395 g/mol. The second-order valence-corrected chi connectivity index (χ2v) is 8.53. The normalized spacial score (nSPS) is 21.2. The molecule has 160 valence electrons. The molecule has 2 aliphatic rings. The third-order valence-electron chi connectivity index (χ3n) is 6.06. The maximum atomic E-state index is 12.9. The van der Waals surface area contributed by atoms with Crippen molar-refractivity contribution in [1.82, 2.24) is 20.0 Å². The lowest BCUT2D eigenvalue weighted by atomic mass is 10.0. The van der Waals surface area contributed by atoms with Crippen LogP contribution in [0.3, 0.4) is 0 Å². The first-order valence-electron chi connectivity index (χ1n) is 10.9. The second-order valence-electron chi connectivity index (χ2n) is 8.53. The van der Waals surface area contributed by atoms with Crippen LogP contribution in [0.1, 0.15) is 59.3 Å². The first-order valence-corrected chi connectivity index (χ1v) is 10.9. The Hall–Kier alpha value is -1.63. The Morgan fingerprint density at radius 2 is 1.79 bits per heavy atom. The number of hydrogen-bond acceptors (Lipinski definition) is 4. The van der Waals surface area contributed by atoms with Crippen molar-refractivity contribution in [3.63, 3.8) is 0 Å². The van der Waals surface area contributed by atoms with E-state index in [2.05, 4.69) is 24.1 Å². The van der Waals surface area contributed by atoms with Gasteiger partial charge in [0.1, 0.15) is 0 Å².